The molecule has 0 radical (unpaired) electrons. The Morgan fingerprint density at radius 1 is 0.812 bits per heavy atom. The van der Waals surface area contributed by atoms with Crippen LogP contribution in [0.25, 0.3) is 0 Å². The molecule has 0 aliphatic rings. The summed E-state index contributed by atoms with van der Waals surface area (Å²) in [7, 11) is 0. The maximum Gasteiger partial charge on any atom is 0.253 e. The fraction of sp³-hybridized carbons (Fsp3) is 0.259. The largest absolute Gasteiger partial charge is 0.354 e. The van der Waals surface area contributed by atoms with Crippen molar-refractivity contribution in [3.8, 4) is 0 Å². The number of amides is 2. The third-order valence-electron chi connectivity index (χ3n) is 5.49. The molecule has 5 heteroatoms. The molecule has 2 N–H and O–H groups in total. The Hall–Kier alpha value is -3.11. The molecule has 0 fully saturated rings. The van der Waals surface area contributed by atoms with E-state index in [9.17, 15) is 9.59 Å². The quantitative estimate of drug-likeness (QED) is 0.458. The van der Waals surface area contributed by atoms with E-state index in [-0.39, 0.29) is 23.7 Å². The highest BCUT2D eigenvalue weighted by molar-refractivity contribution is 6.33. The second kappa shape index (κ2) is 11.5. The van der Waals surface area contributed by atoms with E-state index in [4.69, 9.17) is 11.6 Å². The van der Waals surface area contributed by atoms with Crippen molar-refractivity contribution in [2.75, 3.05) is 6.54 Å². The smallest absolute Gasteiger partial charge is 0.253 e. The number of carbonyl (C=O) groups is 2. The molecule has 1 atom stereocenters. The number of rotatable bonds is 9. The molecular formula is C27H29ClN2O2. The van der Waals surface area contributed by atoms with Gasteiger partial charge in [-0.2, -0.15) is 0 Å². The van der Waals surface area contributed by atoms with E-state index < -0.39 is 6.04 Å². The zero-order chi connectivity index (χ0) is 22.9. The number of hydrogen-bond donors (Lipinski definition) is 2. The zero-order valence-electron chi connectivity index (χ0n) is 18.4. The first kappa shape index (κ1) is 23.6. The van der Waals surface area contributed by atoms with Crippen molar-refractivity contribution < 1.29 is 9.59 Å². The van der Waals surface area contributed by atoms with Gasteiger partial charge >= 0.3 is 0 Å². The molecule has 0 bridgehead atoms. The zero-order valence-corrected chi connectivity index (χ0v) is 19.2. The van der Waals surface area contributed by atoms with Crippen molar-refractivity contribution in [3.63, 3.8) is 0 Å². The first-order valence-electron chi connectivity index (χ1n) is 10.9. The standard InChI is InChI=1S/C27H29ClN2O2/c1-19(2)25(30-26(31)23-15-9-10-16-24(23)28)27(32)29-18-17-22(20-11-5-3-6-12-20)21-13-7-4-8-14-21/h3-16,19,22,25H,17-18H2,1-2H3,(H,29,32)(H,30,31)/t25-/m1/s1. The van der Waals surface area contributed by atoms with Crippen LogP contribution >= 0.6 is 11.6 Å². The van der Waals surface area contributed by atoms with Gasteiger partial charge in [0.15, 0.2) is 0 Å². The van der Waals surface area contributed by atoms with Crippen LogP contribution in [-0.2, 0) is 4.79 Å². The summed E-state index contributed by atoms with van der Waals surface area (Å²) in [6.45, 7) is 4.32. The lowest BCUT2D eigenvalue weighted by Gasteiger charge is -2.23. The van der Waals surface area contributed by atoms with Gasteiger partial charge in [-0.25, -0.2) is 0 Å². The van der Waals surface area contributed by atoms with Crippen molar-refractivity contribution in [2.24, 2.45) is 5.92 Å². The van der Waals surface area contributed by atoms with Crippen LogP contribution in [0.4, 0.5) is 0 Å². The van der Waals surface area contributed by atoms with E-state index >= 15 is 0 Å². The van der Waals surface area contributed by atoms with E-state index in [1.807, 2.05) is 50.2 Å². The van der Waals surface area contributed by atoms with E-state index in [0.717, 1.165) is 6.42 Å². The summed E-state index contributed by atoms with van der Waals surface area (Å²) in [5.41, 5.74) is 2.78. The first-order valence-corrected chi connectivity index (χ1v) is 11.3. The predicted octanol–water partition coefficient (Wildman–Crippen LogP) is 5.43. The summed E-state index contributed by atoms with van der Waals surface area (Å²) in [4.78, 5) is 25.6. The highest BCUT2D eigenvalue weighted by Gasteiger charge is 2.25. The number of nitrogens with one attached hydrogen (secondary N) is 2. The van der Waals surface area contributed by atoms with Crippen LogP contribution in [-0.4, -0.2) is 24.4 Å². The van der Waals surface area contributed by atoms with E-state index in [0.29, 0.717) is 17.1 Å². The highest BCUT2D eigenvalue weighted by Crippen LogP contribution is 2.27. The Kier molecular flexibility index (Phi) is 8.46. The van der Waals surface area contributed by atoms with Crippen molar-refractivity contribution in [2.45, 2.75) is 32.2 Å². The first-order chi connectivity index (χ1) is 15.5. The minimum absolute atomic E-state index is 0.0690. The minimum Gasteiger partial charge on any atom is -0.354 e. The van der Waals surface area contributed by atoms with Crippen LogP contribution in [0, 0.1) is 5.92 Å². The Morgan fingerprint density at radius 3 is 1.88 bits per heavy atom. The van der Waals surface area contributed by atoms with Crippen molar-refractivity contribution in [1.29, 1.82) is 0 Å². The summed E-state index contributed by atoms with van der Waals surface area (Å²) in [5.74, 6) is -0.440. The van der Waals surface area contributed by atoms with Gasteiger partial charge in [-0.15, -0.1) is 0 Å². The lowest BCUT2D eigenvalue weighted by atomic mass is 9.88. The second-order valence-electron chi connectivity index (χ2n) is 8.13. The van der Waals surface area contributed by atoms with Crippen molar-refractivity contribution in [1.82, 2.24) is 10.6 Å². The predicted molar refractivity (Wildman–Crippen MR) is 130 cm³/mol. The third kappa shape index (κ3) is 6.21. The fourth-order valence-corrected chi connectivity index (χ4v) is 3.97. The molecule has 3 aromatic rings. The molecule has 4 nitrogen and oxygen atoms in total. The monoisotopic (exact) mass is 448 g/mol. The molecule has 0 aliphatic carbocycles. The molecule has 0 saturated carbocycles. The number of carbonyl (C=O) groups excluding carboxylic acids is 2. The average Bonchev–Trinajstić information content (AvgIpc) is 2.81. The molecule has 0 spiro atoms. The van der Waals surface area contributed by atoms with Gasteiger partial charge in [0.2, 0.25) is 5.91 Å². The van der Waals surface area contributed by atoms with Crippen LogP contribution in [0.15, 0.2) is 84.9 Å². The summed E-state index contributed by atoms with van der Waals surface area (Å²) in [6.07, 6.45) is 0.753. The average molecular weight is 449 g/mol. The number of hydrogen-bond acceptors (Lipinski definition) is 2. The van der Waals surface area contributed by atoms with Gasteiger partial charge in [-0.3, -0.25) is 9.59 Å². The summed E-state index contributed by atoms with van der Waals surface area (Å²) >= 11 is 6.14. The van der Waals surface area contributed by atoms with E-state index in [1.165, 1.54) is 11.1 Å². The van der Waals surface area contributed by atoms with Crippen molar-refractivity contribution >= 4 is 23.4 Å². The molecular weight excluding hydrogens is 420 g/mol. The number of halogens is 1. The summed E-state index contributed by atoms with van der Waals surface area (Å²) in [6, 6.07) is 26.7. The van der Waals surface area contributed by atoms with Gasteiger partial charge in [0.1, 0.15) is 6.04 Å². The minimum atomic E-state index is -0.648. The molecule has 0 saturated heterocycles. The van der Waals surface area contributed by atoms with Gasteiger partial charge in [-0.05, 0) is 35.6 Å². The SMILES string of the molecule is CC(C)[C@@H](NC(=O)c1ccccc1Cl)C(=O)NCCC(c1ccccc1)c1ccccc1. The summed E-state index contributed by atoms with van der Waals surface area (Å²) in [5, 5.41) is 6.22. The molecule has 32 heavy (non-hydrogen) atoms. The van der Waals surface area contributed by atoms with Gasteiger partial charge < -0.3 is 10.6 Å². The topological polar surface area (TPSA) is 58.2 Å². The lowest BCUT2D eigenvalue weighted by Crippen LogP contribution is -2.50. The molecule has 0 heterocycles. The summed E-state index contributed by atoms with van der Waals surface area (Å²) < 4.78 is 0. The lowest BCUT2D eigenvalue weighted by molar-refractivity contribution is -0.123. The molecule has 0 aliphatic heterocycles. The molecule has 0 aromatic heterocycles. The molecule has 3 rings (SSSR count). The molecule has 166 valence electrons. The van der Waals surface area contributed by atoms with Crippen LogP contribution in [0.2, 0.25) is 5.02 Å². The van der Waals surface area contributed by atoms with Crippen LogP contribution in [0.5, 0.6) is 0 Å². The number of benzene rings is 3. The Labute approximate surface area is 195 Å². The highest BCUT2D eigenvalue weighted by atomic mass is 35.5. The van der Waals surface area contributed by atoms with Gasteiger partial charge in [0.25, 0.3) is 5.91 Å². The van der Waals surface area contributed by atoms with Crippen molar-refractivity contribution in [3.05, 3.63) is 107 Å². The van der Waals surface area contributed by atoms with Gasteiger partial charge in [0, 0.05) is 12.5 Å². The normalized spacial score (nSPS) is 11.9. The van der Waals surface area contributed by atoms with E-state index in [2.05, 4.69) is 34.9 Å². The van der Waals surface area contributed by atoms with E-state index in [1.54, 1.807) is 24.3 Å². The van der Waals surface area contributed by atoms with Crippen LogP contribution in [0.3, 0.4) is 0 Å². The van der Waals surface area contributed by atoms with Crippen LogP contribution in [0.1, 0.15) is 47.7 Å². The second-order valence-corrected chi connectivity index (χ2v) is 8.54. The molecule has 2 amide bonds. The Bertz CT molecular complexity index is 983. The fourth-order valence-electron chi connectivity index (χ4n) is 3.75. The maximum absolute atomic E-state index is 12.9. The van der Waals surface area contributed by atoms with Gasteiger partial charge in [0.05, 0.1) is 10.6 Å². The third-order valence-corrected chi connectivity index (χ3v) is 5.82. The Balaban J connectivity index is 1.65. The molecule has 0 unspecified atom stereocenters. The molecule has 3 aromatic carbocycles. The van der Waals surface area contributed by atoms with Crippen LogP contribution < -0.4 is 10.6 Å². The maximum atomic E-state index is 12.9. The van der Waals surface area contributed by atoms with Gasteiger partial charge in [-0.1, -0.05) is 98.2 Å². The Morgan fingerprint density at radius 2 is 1.34 bits per heavy atom.